The van der Waals surface area contributed by atoms with Crippen LogP contribution < -0.4 is 10.9 Å². The third-order valence-electron chi connectivity index (χ3n) is 2.98. The van der Waals surface area contributed by atoms with Crippen LogP contribution in [0.1, 0.15) is 32.2 Å². The first-order chi connectivity index (χ1) is 10.8. The smallest absolute Gasteiger partial charge is 0.282 e. The molecule has 0 aliphatic carbocycles. The summed E-state index contributed by atoms with van der Waals surface area (Å²) in [5.41, 5.74) is 3.86. The van der Waals surface area contributed by atoms with Gasteiger partial charge in [-0.25, -0.2) is 0 Å². The van der Waals surface area contributed by atoms with E-state index in [2.05, 4.69) is 10.9 Å². The van der Waals surface area contributed by atoms with Crippen molar-refractivity contribution in [2.24, 2.45) is 0 Å². The molecule has 0 spiro atoms. The van der Waals surface area contributed by atoms with Gasteiger partial charge < -0.3 is 4.42 Å². The molecule has 1 aromatic carbocycles. The molecular weight excluding hydrogens is 326 g/mol. The molecular formula is C14H12ClN3O5. The molecule has 8 nitrogen and oxygen atoms in total. The van der Waals surface area contributed by atoms with Gasteiger partial charge in [0.2, 0.25) is 0 Å². The fourth-order valence-electron chi connectivity index (χ4n) is 1.95. The summed E-state index contributed by atoms with van der Waals surface area (Å²) in [7, 11) is 0. The Hall–Kier alpha value is -2.87. The van der Waals surface area contributed by atoms with Crippen molar-refractivity contribution in [1.82, 2.24) is 10.9 Å². The molecule has 0 fully saturated rings. The molecule has 2 N–H and O–H groups in total. The number of halogens is 1. The number of nitro benzene ring substituents is 1. The Bertz CT molecular complexity index is 800. The minimum Gasteiger partial charge on any atom is -0.466 e. The van der Waals surface area contributed by atoms with E-state index in [1.165, 1.54) is 12.1 Å². The third-order valence-corrected chi connectivity index (χ3v) is 3.21. The minimum atomic E-state index is -0.856. The SMILES string of the molecule is Cc1cc(C(=O)NNC(=O)c2cc(Cl)ccc2[N+](=O)[O-])c(C)o1. The topological polar surface area (TPSA) is 114 Å². The molecule has 0 saturated heterocycles. The maximum atomic E-state index is 12.0. The molecule has 0 aliphatic rings. The van der Waals surface area contributed by atoms with E-state index in [-0.39, 0.29) is 16.1 Å². The highest BCUT2D eigenvalue weighted by atomic mass is 35.5. The zero-order valence-electron chi connectivity index (χ0n) is 12.2. The standard InChI is InChI=1S/C14H12ClN3O5/c1-7-5-10(8(2)23-7)13(19)16-17-14(20)11-6-9(15)3-4-12(11)18(21)22/h3-6H,1-2H3,(H,16,19)(H,17,20). The van der Waals surface area contributed by atoms with Crippen LogP contribution >= 0.6 is 11.6 Å². The lowest BCUT2D eigenvalue weighted by Crippen LogP contribution is -2.41. The van der Waals surface area contributed by atoms with E-state index in [9.17, 15) is 19.7 Å². The van der Waals surface area contributed by atoms with Crippen molar-refractivity contribution in [3.63, 3.8) is 0 Å². The molecule has 1 heterocycles. The highest BCUT2D eigenvalue weighted by Crippen LogP contribution is 2.22. The Kier molecular flexibility index (Phi) is 4.65. The van der Waals surface area contributed by atoms with Crippen LogP contribution in [0.5, 0.6) is 0 Å². The van der Waals surface area contributed by atoms with Crippen molar-refractivity contribution in [2.75, 3.05) is 0 Å². The normalized spacial score (nSPS) is 10.2. The number of hydrogen-bond donors (Lipinski definition) is 2. The van der Waals surface area contributed by atoms with Gasteiger partial charge in [0.15, 0.2) is 0 Å². The van der Waals surface area contributed by atoms with Crippen LogP contribution in [0.2, 0.25) is 5.02 Å². The van der Waals surface area contributed by atoms with Gasteiger partial charge in [-0.2, -0.15) is 0 Å². The molecule has 120 valence electrons. The molecule has 0 saturated carbocycles. The first kappa shape index (κ1) is 16.5. The Labute approximate surface area is 135 Å². The second kappa shape index (κ2) is 6.49. The summed E-state index contributed by atoms with van der Waals surface area (Å²) in [5.74, 6) is -0.518. The fraction of sp³-hybridized carbons (Fsp3) is 0.143. The van der Waals surface area contributed by atoms with Crippen molar-refractivity contribution in [3.8, 4) is 0 Å². The first-order valence-electron chi connectivity index (χ1n) is 6.41. The Balaban J connectivity index is 2.14. The minimum absolute atomic E-state index is 0.161. The van der Waals surface area contributed by atoms with Crippen LogP contribution in [0, 0.1) is 24.0 Å². The average molecular weight is 338 g/mol. The largest absolute Gasteiger partial charge is 0.466 e. The number of nitro groups is 1. The molecule has 0 bridgehead atoms. The van der Waals surface area contributed by atoms with E-state index >= 15 is 0 Å². The van der Waals surface area contributed by atoms with Gasteiger partial charge in [0, 0.05) is 11.1 Å². The molecule has 2 aromatic rings. The third kappa shape index (κ3) is 3.67. The van der Waals surface area contributed by atoms with Gasteiger partial charge in [0.05, 0.1) is 10.5 Å². The zero-order chi connectivity index (χ0) is 17.1. The average Bonchev–Trinajstić information content (AvgIpc) is 2.82. The van der Waals surface area contributed by atoms with Gasteiger partial charge in [-0.1, -0.05) is 11.6 Å². The second-order valence-electron chi connectivity index (χ2n) is 4.65. The molecule has 0 unspecified atom stereocenters. The van der Waals surface area contributed by atoms with Crippen LogP contribution in [-0.4, -0.2) is 16.7 Å². The van der Waals surface area contributed by atoms with E-state index in [0.29, 0.717) is 11.5 Å². The molecule has 0 atom stereocenters. The maximum Gasteiger partial charge on any atom is 0.282 e. The Morgan fingerprint density at radius 2 is 1.74 bits per heavy atom. The molecule has 0 aliphatic heterocycles. The van der Waals surface area contributed by atoms with Crippen LogP contribution in [0.15, 0.2) is 28.7 Å². The zero-order valence-corrected chi connectivity index (χ0v) is 12.9. The number of carbonyl (C=O) groups is 2. The number of nitrogens with zero attached hydrogens (tertiary/aromatic N) is 1. The predicted octanol–water partition coefficient (Wildman–Crippen LogP) is 2.53. The number of nitrogens with one attached hydrogen (secondary N) is 2. The summed E-state index contributed by atoms with van der Waals surface area (Å²) in [6, 6.07) is 5.07. The lowest BCUT2D eigenvalue weighted by molar-refractivity contribution is -0.385. The second-order valence-corrected chi connectivity index (χ2v) is 5.09. The Morgan fingerprint density at radius 1 is 1.13 bits per heavy atom. The van der Waals surface area contributed by atoms with Crippen molar-refractivity contribution in [3.05, 3.63) is 62.0 Å². The first-order valence-corrected chi connectivity index (χ1v) is 6.79. The van der Waals surface area contributed by atoms with E-state index < -0.39 is 22.4 Å². The highest BCUT2D eigenvalue weighted by molar-refractivity contribution is 6.31. The van der Waals surface area contributed by atoms with Gasteiger partial charge in [-0.05, 0) is 32.0 Å². The number of carbonyl (C=O) groups excluding carboxylic acids is 2. The van der Waals surface area contributed by atoms with Gasteiger partial charge in [0.1, 0.15) is 17.1 Å². The number of amides is 2. The van der Waals surface area contributed by atoms with Gasteiger partial charge in [-0.15, -0.1) is 0 Å². The van der Waals surface area contributed by atoms with Crippen molar-refractivity contribution >= 4 is 29.1 Å². The molecule has 2 rings (SSSR count). The number of benzene rings is 1. The van der Waals surface area contributed by atoms with Gasteiger partial charge in [-0.3, -0.25) is 30.6 Å². The van der Waals surface area contributed by atoms with E-state index in [0.717, 1.165) is 12.1 Å². The van der Waals surface area contributed by atoms with Crippen LogP contribution in [0.3, 0.4) is 0 Å². The lowest BCUT2D eigenvalue weighted by atomic mass is 10.1. The number of furan rings is 1. The van der Waals surface area contributed by atoms with E-state index in [1.807, 2.05) is 0 Å². The summed E-state index contributed by atoms with van der Waals surface area (Å²) in [4.78, 5) is 34.2. The molecule has 0 radical (unpaired) electrons. The number of hydrogen-bond acceptors (Lipinski definition) is 5. The summed E-state index contributed by atoms with van der Waals surface area (Å²) in [5, 5.41) is 11.1. The van der Waals surface area contributed by atoms with Crippen LogP contribution in [0.4, 0.5) is 5.69 Å². The monoisotopic (exact) mass is 337 g/mol. The Morgan fingerprint density at radius 3 is 2.26 bits per heavy atom. The summed E-state index contributed by atoms with van der Waals surface area (Å²) < 4.78 is 5.21. The van der Waals surface area contributed by atoms with Gasteiger partial charge >= 0.3 is 0 Å². The number of rotatable bonds is 3. The fourth-order valence-corrected chi connectivity index (χ4v) is 2.13. The van der Waals surface area contributed by atoms with Crippen LogP contribution in [0.25, 0.3) is 0 Å². The summed E-state index contributed by atoms with van der Waals surface area (Å²) in [6.45, 7) is 3.28. The predicted molar refractivity (Wildman–Crippen MR) is 81.2 cm³/mol. The molecule has 9 heteroatoms. The van der Waals surface area contributed by atoms with Crippen molar-refractivity contribution in [2.45, 2.75) is 13.8 Å². The summed E-state index contributed by atoms with van der Waals surface area (Å²) >= 11 is 5.75. The number of hydrazine groups is 1. The quantitative estimate of drug-likeness (QED) is 0.659. The maximum absolute atomic E-state index is 12.0. The molecule has 23 heavy (non-hydrogen) atoms. The molecule has 2 amide bonds. The van der Waals surface area contributed by atoms with E-state index in [4.69, 9.17) is 16.0 Å². The summed E-state index contributed by atoms with van der Waals surface area (Å²) in [6.07, 6.45) is 0. The van der Waals surface area contributed by atoms with Crippen molar-refractivity contribution < 1.29 is 18.9 Å². The highest BCUT2D eigenvalue weighted by Gasteiger charge is 2.21. The number of aryl methyl sites for hydroxylation is 2. The van der Waals surface area contributed by atoms with E-state index in [1.54, 1.807) is 13.8 Å². The van der Waals surface area contributed by atoms with Gasteiger partial charge in [0.25, 0.3) is 17.5 Å². The van der Waals surface area contributed by atoms with Crippen molar-refractivity contribution in [1.29, 1.82) is 0 Å². The lowest BCUT2D eigenvalue weighted by Gasteiger charge is -2.07. The molecule has 1 aromatic heterocycles. The van der Waals surface area contributed by atoms with Crippen LogP contribution in [-0.2, 0) is 0 Å².